The Hall–Kier alpha value is -2.20. The molecule has 0 aromatic heterocycles. The second-order valence-electron chi connectivity index (χ2n) is 6.90. The van der Waals surface area contributed by atoms with Crippen LogP contribution in [0.15, 0.2) is 41.4 Å². The van der Waals surface area contributed by atoms with Crippen LogP contribution in [0, 0.1) is 0 Å². The lowest BCUT2D eigenvalue weighted by molar-refractivity contribution is 0.121. The minimum atomic E-state index is 0. The first kappa shape index (κ1) is 27.8. The van der Waals surface area contributed by atoms with Gasteiger partial charge in [0, 0.05) is 19.7 Å². The maximum Gasteiger partial charge on any atom is 0.203 e. The summed E-state index contributed by atoms with van der Waals surface area (Å²) in [6, 6.07) is 12.1. The van der Waals surface area contributed by atoms with Crippen molar-refractivity contribution in [3.63, 3.8) is 0 Å². The highest BCUT2D eigenvalue weighted by atomic mass is 127. The number of nitrogens with zero attached hydrogens (tertiary/aromatic N) is 1. The van der Waals surface area contributed by atoms with Gasteiger partial charge in [-0.25, -0.2) is 4.99 Å². The predicted molar refractivity (Wildman–Crippen MR) is 140 cm³/mol. The number of hydrogen-bond acceptors (Lipinski definition) is 5. The SMILES string of the molecule is CCCOCc1ccccc1CNC(=NCc1cc(OC)c(OC)c(OC)c1)NCC.I. The number of rotatable bonds is 12. The van der Waals surface area contributed by atoms with Crippen molar-refractivity contribution >= 4 is 29.9 Å². The molecule has 2 rings (SSSR count). The minimum Gasteiger partial charge on any atom is -0.493 e. The van der Waals surface area contributed by atoms with Crippen LogP contribution in [0.5, 0.6) is 17.2 Å². The molecule has 32 heavy (non-hydrogen) atoms. The number of aliphatic imine (C=N–C) groups is 1. The van der Waals surface area contributed by atoms with Gasteiger partial charge >= 0.3 is 0 Å². The summed E-state index contributed by atoms with van der Waals surface area (Å²) in [7, 11) is 4.81. The van der Waals surface area contributed by atoms with Gasteiger partial charge in [0.1, 0.15) is 0 Å². The fourth-order valence-corrected chi connectivity index (χ4v) is 3.11. The van der Waals surface area contributed by atoms with Crippen molar-refractivity contribution in [1.82, 2.24) is 10.6 Å². The zero-order chi connectivity index (χ0) is 22.5. The normalized spacial score (nSPS) is 10.8. The molecule has 0 bridgehead atoms. The molecule has 0 unspecified atom stereocenters. The summed E-state index contributed by atoms with van der Waals surface area (Å²) in [5.74, 6) is 2.54. The molecule has 0 amide bonds. The molecule has 0 saturated heterocycles. The van der Waals surface area contributed by atoms with Gasteiger partial charge in [-0.05, 0) is 42.2 Å². The van der Waals surface area contributed by atoms with Crippen LogP contribution in [0.4, 0.5) is 0 Å². The van der Waals surface area contributed by atoms with Crippen LogP contribution in [0.2, 0.25) is 0 Å². The van der Waals surface area contributed by atoms with E-state index in [4.69, 9.17) is 23.9 Å². The van der Waals surface area contributed by atoms with Crippen LogP contribution >= 0.6 is 24.0 Å². The summed E-state index contributed by atoms with van der Waals surface area (Å²) >= 11 is 0. The molecular formula is C24H36IN3O4. The number of methoxy groups -OCH3 is 3. The summed E-state index contributed by atoms with van der Waals surface area (Å²) in [5, 5.41) is 6.71. The third-order valence-electron chi connectivity index (χ3n) is 4.66. The summed E-state index contributed by atoms with van der Waals surface area (Å²) in [6.45, 7) is 7.43. The monoisotopic (exact) mass is 557 g/mol. The lowest BCUT2D eigenvalue weighted by atomic mass is 10.1. The van der Waals surface area contributed by atoms with Gasteiger partial charge in [0.2, 0.25) is 5.75 Å². The zero-order valence-corrected chi connectivity index (χ0v) is 22.0. The number of ether oxygens (including phenoxy) is 4. The van der Waals surface area contributed by atoms with Crippen LogP contribution in [0.25, 0.3) is 0 Å². The van der Waals surface area contributed by atoms with Crippen molar-refractivity contribution in [3.05, 3.63) is 53.1 Å². The van der Waals surface area contributed by atoms with E-state index < -0.39 is 0 Å². The van der Waals surface area contributed by atoms with Crippen LogP contribution < -0.4 is 24.8 Å². The van der Waals surface area contributed by atoms with Crippen molar-refractivity contribution < 1.29 is 18.9 Å². The predicted octanol–water partition coefficient (Wildman–Crippen LogP) is 4.51. The van der Waals surface area contributed by atoms with E-state index in [2.05, 4.69) is 29.7 Å². The van der Waals surface area contributed by atoms with Gasteiger partial charge in [0.05, 0.1) is 34.5 Å². The average Bonchev–Trinajstić information content (AvgIpc) is 2.80. The molecule has 0 aliphatic rings. The Morgan fingerprint density at radius 3 is 2.12 bits per heavy atom. The largest absolute Gasteiger partial charge is 0.493 e. The van der Waals surface area contributed by atoms with Gasteiger partial charge in [-0.3, -0.25) is 0 Å². The highest BCUT2D eigenvalue weighted by Gasteiger charge is 2.13. The molecule has 0 spiro atoms. The quantitative estimate of drug-likeness (QED) is 0.173. The van der Waals surface area contributed by atoms with Crippen LogP contribution in [-0.4, -0.2) is 40.4 Å². The van der Waals surface area contributed by atoms with Crippen molar-refractivity contribution in [2.45, 2.75) is 40.0 Å². The first-order chi connectivity index (χ1) is 15.2. The van der Waals surface area contributed by atoms with E-state index in [1.54, 1.807) is 21.3 Å². The molecule has 0 saturated carbocycles. The fraction of sp³-hybridized carbons (Fsp3) is 0.458. The third kappa shape index (κ3) is 8.38. The lowest BCUT2D eigenvalue weighted by Gasteiger charge is -2.15. The molecule has 7 nitrogen and oxygen atoms in total. The lowest BCUT2D eigenvalue weighted by Crippen LogP contribution is -2.37. The number of benzene rings is 2. The molecule has 2 aromatic rings. The summed E-state index contributed by atoms with van der Waals surface area (Å²) < 4.78 is 22.0. The summed E-state index contributed by atoms with van der Waals surface area (Å²) in [5.41, 5.74) is 3.33. The van der Waals surface area contributed by atoms with E-state index in [1.807, 2.05) is 31.2 Å². The van der Waals surface area contributed by atoms with Crippen molar-refractivity contribution in [3.8, 4) is 17.2 Å². The molecule has 0 radical (unpaired) electrons. The van der Waals surface area contributed by atoms with Crippen molar-refractivity contribution in [1.29, 1.82) is 0 Å². The van der Waals surface area contributed by atoms with Gasteiger partial charge in [0.15, 0.2) is 17.5 Å². The van der Waals surface area contributed by atoms with Crippen LogP contribution in [0.3, 0.4) is 0 Å². The van der Waals surface area contributed by atoms with Crippen molar-refractivity contribution in [2.75, 3.05) is 34.5 Å². The molecule has 2 aromatic carbocycles. The fourth-order valence-electron chi connectivity index (χ4n) is 3.11. The van der Waals surface area contributed by atoms with Gasteiger partial charge in [-0.1, -0.05) is 31.2 Å². The van der Waals surface area contributed by atoms with Crippen molar-refractivity contribution in [2.24, 2.45) is 4.99 Å². The Kier molecular flexibility index (Phi) is 13.5. The third-order valence-corrected chi connectivity index (χ3v) is 4.66. The smallest absolute Gasteiger partial charge is 0.203 e. The van der Waals surface area contributed by atoms with E-state index in [0.29, 0.717) is 36.9 Å². The number of hydrogen-bond donors (Lipinski definition) is 2. The van der Waals surface area contributed by atoms with E-state index in [9.17, 15) is 0 Å². The van der Waals surface area contributed by atoms with E-state index >= 15 is 0 Å². The molecule has 2 N–H and O–H groups in total. The summed E-state index contributed by atoms with van der Waals surface area (Å²) in [4.78, 5) is 4.72. The second-order valence-corrected chi connectivity index (χ2v) is 6.90. The molecule has 0 heterocycles. The number of halogens is 1. The molecule has 178 valence electrons. The molecule has 8 heteroatoms. The molecule has 0 aliphatic carbocycles. The second kappa shape index (κ2) is 15.6. The van der Waals surface area contributed by atoms with E-state index in [0.717, 1.165) is 31.1 Å². The molecule has 0 aliphatic heterocycles. The average molecular weight is 557 g/mol. The highest BCUT2D eigenvalue weighted by Crippen LogP contribution is 2.38. The maximum absolute atomic E-state index is 5.72. The van der Waals surface area contributed by atoms with Gasteiger partial charge in [0.25, 0.3) is 0 Å². The van der Waals surface area contributed by atoms with Crippen LogP contribution in [-0.2, 0) is 24.4 Å². The molecular weight excluding hydrogens is 521 g/mol. The first-order valence-corrected chi connectivity index (χ1v) is 10.6. The number of guanidine groups is 1. The van der Waals surface area contributed by atoms with Gasteiger partial charge in [-0.2, -0.15) is 0 Å². The topological polar surface area (TPSA) is 73.3 Å². The number of nitrogens with one attached hydrogen (secondary N) is 2. The molecule has 0 fully saturated rings. The Morgan fingerprint density at radius 1 is 0.906 bits per heavy atom. The van der Waals surface area contributed by atoms with Crippen LogP contribution in [0.1, 0.15) is 37.0 Å². The van der Waals surface area contributed by atoms with Gasteiger partial charge in [-0.15, -0.1) is 24.0 Å². The first-order valence-electron chi connectivity index (χ1n) is 10.6. The Balaban J connectivity index is 0.00000512. The zero-order valence-electron chi connectivity index (χ0n) is 19.7. The van der Waals surface area contributed by atoms with Gasteiger partial charge < -0.3 is 29.6 Å². The summed E-state index contributed by atoms with van der Waals surface area (Å²) in [6.07, 6.45) is 1.01. The molecule has 0 atom stereocenters. The standard InChI is InChI=1S/C24H35N3O4.HI/c1-6-12-31-17-20-11-9-8-10-19(20)16-27-24(25-7-2)26-15-18-13-21(28-3)23(30-5)22(14-18)29-4;/h8-11,13-14H,6-7,12,15-17H2,1-5H3,(H2,25,26,27);1H. The Labute approximate surface area is 208 Å². The Morgan fingerprint density at radius 2 is 1.56 bits per heavy atom. The van der Waals surface area contributed by atoms with E-state index in [-0.39, 0.29) is 24.0 Å². The van der Waals surface area contributed by atoms with E-state index in [1.165, 1.54) is 11.1 Å². The highest BCUT2D eigenvalue weighted by molar-refractivity contribution is 14.0. The minimum absolute atomic E-state index is 0. The maximum atomic E-state index is 5.72. The Bertz CT molecular complexity index is 821.